The molecule has 1 unspecified atom stereocenters. The molecule has 0 spiro atoms. The van der Waals surface area contributed by atoms with Gasteiger partial charge in [-0.25, -0.2) is 0 Å². The van der Waals surface area contributed by atoms with Gasteiger partial charge in [0.1, 0.15) is 0 Å². The summed E-state index contributed by atoms with van der Waals surface area (Å²) in [7, 11) is 0. The molecule has 0 heterocycles. The first-order valence-electron chi connectivity index (χ1n) is 5.02. The van der Waals surface area contributed by atoms with E-state index >= 15 is 0 Å². The molecule has 0 aliphatic heterocycles. The van der Waals surface area contributed by atoms with Gasteiger partial charge in [-0.05, 0) is 35.0 Å². The first-order valence-corrected chi connectivity index (χ1v) is 5.81. The number of benzene rings is 1. The summed E-state index contributed by atoms with van der Waals surface area (Å²) >= 11 is 3.25. The molecule has 0 aliphatic rings. The fourth-order valence-electron chi connectivity index (χ4n) is 1.06. The molecule has 17 heavy (non-hydrogen) atoms. The fourth-order valence-corrected chi connectivity index (χ4v) is 1.45. The van der Waals surface area contributed by atoms with Gasteiger partial charge in [0.15, 0.2) is 0 Å². The van der Waals surface area contributed by atoms with Crippen LogP contribution in [-0.4, -0.2) is 29.6 Å². The quantitative estimate of drug-likeness (QED) is 0.725. The number of aliphatic hydroxyl groups is 1. The van der Waals surface area contributed by atoms with Gasteiger partial charge in [-0.15, -0.1) is 0 Å². The Kier molecular flexibility index (Phi) is 5.11. The summed E-state index contributed by atoms with van der Waals surface area (Å²) in [5.74, 6) is -1.54. The molecule has 0 aromatic heterocycles. The molecule has 1 aromatic carbocycles. The Hall–Kier alpha value is -1.40. The number of halogens is 1. The summed E-state index contributed by atoms with van der Waals surface area (Å²) < 4.78 is 0.691. The third-order valence-corrected chi connectivity index (χ3v) is 2.58. The van der Waals surface area contributed by atoms with Gasteiger partial charge in [0.05, 0.1) is 11.8 Å². The Morgan fingerprint density at radius 3 is 2.59 bits per heavy atom. The number of amides is 2. The maximum Gasteiger partial charge on any atom is 0.313 e. The van der Waals surface area contributed by atoms with Crippen molar-refractivity contribution in [1.82, 2.24) is 5.32 Å². The molecule has 0 aliphatic carbocycles. The van der Waals surface area contributed by atoms with Crippen molar-refractivity contribution in [2.45, 2.75) is 13.0 Å². The summed E-state index contributed by atoms with van der Waals surface area (Å²) in [6.07, 6.45) is -0.685. The molecule has 0 radical (unpaired) electrons. The van der Waals surface area contributed by atoms with Crippen molar-refractivity contribution >= 4 is 33.4 Å². The molecular formula is C11H13BrN2O3. The average molecular weight is 301 g/mol. The summed E-state index contributed by atoms with van der Waals surface area (Å²) in [6.45, 7) is 1.56. The van der Waals surface area contributed by atoms with E-state index in [-0.39, 0.29) is 6.54 Å². The summed E-state index contributed by atoms with van der Waals surface area (Å²) in [5.41, 5.74) is 0.518. The highest BCUT2D eigenvalue weighted by molar-refractivity contribution is 9.10. The van der Waals surface area contributed by atoms with E-state index in [2.05, 4.69) is 26.6 Å². The van der Waals surface area contributed by atoms with Gasteiger partial charge < -0.3 is 15.7 Å². The van der Waals surface area contributed by atoms with Crippen LogP contribution >= 0.6 is 15.9 Å². The maximum atomic E-state index is 11.5. The van der Waals surface area contributed by atoms with Crippen molar-refractivity contribution < 1.29 is 14.7 Å². The average Bonchev–Trinajstić information content (AvgIpc) is 2.28. The minimum atomic E-state index is -0.776. The number of hydrogen-bond acceptors (Lipinski definition) is 3. The highest BCUT2D eigenvalue weighted by Gasteiger charge is 2.14. The van der Waals surface area contributed by atoms with E-state index in [1.54, 1.807) is 24.3 Å². The first-order chi connectivity index (χ1) is 8.00. The van der Waals surface area contributed by atoms with Crippen LogP contribution in [0.5, 0.6) is 0 Å². The standard InChI is InChI=1S/C11H13BrN2O3/c1-7(15)6-13-10(16)11(17)14-9-5-3-2-4-8(9)12/h2-5,7,15H,6H2,1H3,(H,13,16)(H,14,17). The molecule has 0 saturated carbocycles. The molecule has 0 bridgehead atoms. The van der Waals surface area contributed by atoms with Gasteiger partial charge in [-0.2, -0.15) is 0 Å². The molecule has 1 rings (SSSR count). The number of carbonyl (C=O) groups excluding carboxylic acids is 2. The molecule has 5 nitrogen and oxygen atoms in total. The Morgan fingerprint density at radius 2 is 2.00 bits per heavy atom. The molecular weight excluding hydrogens is 288 g/mol. The molecule has 1 aromatic rings. The number of anilines is 1. The van der Waals surface area contributed by atoms with E-state index in [9.17, 15) is 9.59 Å². The summed E-state index contributed by atoms with van der Waals surface area (Å²) in [5, 5.41) is 13.7. The van der Waals surface area contributed by atoms with E-state index < -0.39 is 17.9 Å². The van der Waals surface area contributed by atoms with E-state index in [1.807, 2.05) is 0 Å². The number of rotatable bonds is 3. The second-order valence-corrected chi connectivity index (χ2v) is 4.35. The van der Waals surface area contributed by atoms with Gasteiger partial charge in [-0.3, -0.25) is 9.59 Å². The number of nitrogens with one attached hydrogen (secondary N) is 2. The summed E-state index contributed by atoms with van der Waals surface area (Å²) in [6, 6.07) is 6.97. The second-order valence-electron chi connectivity index (χ2n) is 3.49. The van der Waals surface area contributed by atoms with Crippen molar-refractivity contribution in [3.8, 4) is 0 Å². The Morgan fingerprint density at radius 1 is 1.35 bits per heavy atom. The lowest BCUT2D eigenvalue weighted by Gasteiger charge is -2.08. The number of aliphatic hydroxyl groups excluding tert-OH is 1. The van der Waals surface area contributed by atoms with Gasteiger partial charge in [0.25, 0.3) is 0 Å². The minimum Gasteiger partial charge on any atom is -0.392 e. The number of hydrogen-bond donors (Lipinski definition) is 3. The zero-order chi connectivity index (χ0) is 12.8. The molecule has 92 valence electrons. The monoisotopic (exact) mass is 300 g/mol. The SMILES string of the molecule is CC(O)CNC(=O)C(=O)Nc1ccccc1Br. The van der Waals surface area contributed by atoms with Crippen LogP contribution in [0.15, 0.2) is 28.7 Å². The highest BCUT2D eigenvalue weighted by atomic mass is 79.9. The third-order valence-electron chi connectivity index (χ3n) is 1.89. The van der Waals surface area contributed by atoms with Crippen LogP contribution in [0.2, 0.25) is 0 Å². The van der Waals surface area contributed by atoms with Crippen LogP contribution in [0.1, 0.15) is 6.92 Å². The second kappa shape index (κ2) is 6.36. The number of carbonyl (C=O) groups is 2. The van der Waals surface area contributed by atoms with Crippen LogP contribution in [0.25, 0.3) is 0 Å². The van der Waals surface area contributed by atoms with Gasteiger partial charge in [0, 0.05) is 11.0 Å². The topological polar surface area (TPSA) is 78.4 Å². The largest absolute Gasteiger partial charge is 0.392 e. The molecule has 0 fully saturated rings. The lowest BCUT2D eigenvalue weighted by Crippen LogP contribution is -2.38. The first kappa shape index (κ1) is 13.7. The lowest BCUT2D eigenvalue weighted by atomic mass is 10.3. The predicted molar refractivity (Wildman–Crippen MR) is 67.5 cm³/mol. The van der Waals surface area contributed by atoms with Crippen molar-refractivity contribution in [3.63, 3.8) is 0 Å². The Bertz CT molecular complexity index is 421. The normalized spacial score (nSPS) is 11.7. The van der Waals surface area contributed by atoms with Crippen LogP contribution in [0, 0.1) is 0 Å². The van der Waals surface area contributed by atoms with Crippen LogP contribution in [0.4, 0.5) is 5.69 Å². The van der Waals surface area contributed by atoms with Crippen LogP contribution in [0.3, 0.4) is 0 Å². The van der Waals surface area contributed by atoms with E-state index in [1.165, 1.54) is 6.92 Å². The minimum absolute atomic E-state index is 0.0439. The maximum absolute atomic E-state index is 11.5. The van der Waals surface area contributed by atoms with Gasteiger partial charge >= 0.3 is 11.8 Å². The molecule has 1 atom stereocenters. The van der Waals surface area contributed by atoms with Crippen LogP contribution in [-0.2, 0) is 9.59 Å². The Labute approximate surface area is 107 Å². The smallest absolute Gasteiger partial charge is 0.313 e. The highest BCUT2D eigenvalue weighted by Crippen LogP contribution is 2.20. The van der Waals surface area contributed by atoms with E-state index in [4.69, 9.17) is 5.11 Å². The van der Waals surface area contributed by atoms with Crippen LogP contribution < -0.4 is 10.6 Å². The number of para-hydroxylation sites is 1. The van der Waals surface area contributed by atoms with Gasteiger partial charge in [-0.1, -0.05) is 12.1 Å². The zero-order valence-corrected chi connectivity index (χ0v) is 10.8. The van der Waals surface area contributed by atoms with Crippen molar-refractivity contribution in [2.24, 2.45) is 0 Å². The van der Waals surface area contributed by atoms with Crippen molar-refractivity contribution in [2.75, 3.05) is 11.9 Å². The molecule has 3 N–H and O–H groups in total. The van der Waals surface area contributed by atoms with Crippen molar-refractivity contribution in [3.05, 3.63) is 28.7 Å². The predicted octanol–water partition coefficient (Wildman–Crippen LogP) is 0.885. The van der Waals surface area contributed by atoms with E-state index in [0.29, 0.717) is 10.2 Å². The lowest BCUT2D eigenvalue weighted by molar-refractivity contribution is -0.136. The summed E-state index contributed by atoms with van der Waals surface area (Å²) in [4.78, 5) is 22.8. The van der Waals surface area contributed by atoms with Gasteiger partial charge in [0.2, 0.25) is 0 Å². The zero-order valence-electron chi connectivity index (χ0n) is 9.24. The van der Waals surface area contributed by atoms with E-state index in [0.717, 1.165) is 0 Å². The fraction of sp³-hybridized carbons (Fsp3) is 0.273. The third kappa shape index (κ3) is 4.54. The van der Waals surface area contributed by atoms with Crippen molar-refractivity contribution in [1.29, 1.82) is 0 Å². The molecule has 6 heteroatoms. The molecule has 0 saturated heterocycles. The molecule has 2 amide bonds. The Balaban J connectivity index is 2.55.